The molecule has 0 atom stereocenters. The van der Waals surface area contributed by atoms with E-state index >= 15 is 0 Å². The van der Waals surface area contributed by atoms with Gasteiger partial charge >= 0.3 is 5.97 Å². The molecule has 0 amide bonds. The van der Waals surface area contributed by atoms with Crippen molar-refractivity contribution < 1.29 is 9.53 Å². The molecule has 25 heavy (non-hydrogen) atoms. The molecule has 2 heterocycles. The second-order valence-electron chi connectivity index (χ2n) is 5.95. The van der Waals surface area contributed by atoms with Crippen LogP contribution in [0, 0.1) is 6.92 Å². The van der Waals surface area contributed by atoms with E-state index in [2.05, 4.69) is 29.7 Å². The second-order valence-corrected chi connectivity index (χ2v) is 7.01. The molecule has 3 nitrogen and oxygen atoms in total. The van der Waals surface area contributed by atoms with Crippen molar-refractivity contribution in [2.45, 2.75) is 18.7 Å². The highest BCUT2D eigenvalue weighted by Crippen LogP contribution is 2.46. The van der Waals surface area contributed by atoms with Crippen LogP contribution in [0.3, 0.4) is 0 Å². The highest BCUT2D eigenvalue weighted by Gasteiger charge is 2.25. The maximum atomic E-state index is 11.8. The summed E-state index contributed by atoms with van der Waals surface area (Å²) in [7, 11) is 0. The lowest BCUT2D eigenvalue weighted by Gasteiger charge is -2.12. The molecular weight excluding hydrogens is 330 g/mol. The standard InChI is InChI=1S/C21H17NO2S/c1-14-10-11-19-18(13-14)22-12-6-9-17(22)20(24-15(2)23)21(25-19)16-7-4-3-5-8-16/h3-13H,1-2H3. The molecule has 1 aliphatic heterocycles. The summed E-state index contributed by atoms with van der Waals surface area (Å²) in [6, 6.07) is 20.4. The van der Waals surface area contributed by atoms with Crippen LogP contribution in [0.25, 0.3) is 16.4 Å². The third kappa shape index (κ3) is 2.89. The van der Waals surface area contributed by atoms with E-state index in [-0.39, 0.29) is 5.97 Å². The van der Waals surface area contributed by atoms with Gasteiger partial charge < -0.3 is 9.30 Å². The number of hydrogen-bond acceptors (Lipinski definition) is 3. The zero-order valence-corrected chi connectivity index (χ0v) is 14.8. The van der Waals surface area contributed by atoms with Crippen LogP contribution >= 0.6 is 11.8 Å². The Morgan fingerprint density at radius 1 is 1.04 bits per heavy atom. The molecule has 1 aromatic heterocycles. The molecular formula is C21H17NO2S. The molecule has 0 radical (unpaired) electrons. The Kier molecular flexibility index (Phi) is 3.98. The number of esters is 1. The van der Waals surface area contributed by atoms with Crippen LogP contribution in [0.15, 0.2) is 71.8 Å². The monoisotopic (exact) mass is 347 g/mol. The van der Waals surface area contributed by atoms with Gasteiger partial charge in [-0.05, 0) is 42.3 Å². The van der Waals surface area contributed by atoms with Crippen LogP contribution in [0.2, 0.25) is 0 Å². The minimum Gasteiger partial charge on any atom is -0.423 e. The van der Waals surface area contributed by atoms with Crippen molar-refractivity contribution in [3.05, 3.63) is 83.7 Å². The van der Waals surface area contributed by atoms with Gasteiger partial charge in [0, 0.05) is 18.0 Å². The summed E-state index contributed by atoms with van der Waals surface area (Å²) in [5.74, 6) is 0.279. The van der Waals surface area contributed by atoms with E-state index in [1.165, 1.54) is 12.5 Å². The number of aryl methyl sites for hydroxylation is 1. The molecule has 3 aromatic rings. The maximum Gasteiger partial charge on any atom is 0.308 e. The number of benzene rings is 2. The summed E-state index contributed by atoms with van der Waals surface area (Å²) in [5.41, 5.74) is 4.20. The lowest BCUT2D eigenvalue weighted by atomic mass is 10.1. The molecule has 0 aliphatic carbocycles. The Morgan fingerprint density at radius 2 is 1.84 bits per heavy atom. The molecule has 4 heteroatoms. The number of ether oxygens (including phenoxy) is 1. The summed E-state index contributed by atoms with van der Waals surface area (Å²) >= 11 is 1.63. The van der Waals surface area contributed by atoms with Gasteiger partial charge in [-0.1, -0.05) is 48.2 Å². The minimum atomic E-state index is -0.320. The molecule has 0 saturated heterocycles. The highest BCUT2D eigenvalue weighted by molar-refractivity contribution is 8.08. The third-order valence-electron chi connectivity index (χ3n) is 4.06. The molecule has 1 aliphatic rings. The first-order chi connectivity index (χ1) is 12.1. The maximum absolute atomic E-state index is 11.8. The highest BCUT2D eigenvalue weighted by atomic mass is 32.2. The van der Waals surface area contributed by atoms with Crippen molar-refractivity contribution >= 4 is 28.4 Å². The van der Waals surface area contributed by atoms with Crippen molar-refractivity contribution in [3.63, 3.8) is 0 Å². The first kappa shape index (κ1) is 15.8. The fourth-order valence-electron chi connectivity index (χ4n) is 2.97. The zero-order chi connectivity index (χ0) is 17.4. The molecule has 4 rings (SSSR count). The molecule has 0 saturated carbocycles. The average molecular weight is 347 g/mol. The van der Waals surface area contributed by atoms with Crippen LogP contribution in [-0.4, -0.2) is 10.5 Å². The van der Waals surface area contributed by atoms with Crippen LogP contribution in [0.4, 0.5) is 0 Å². The predicted octanol–water partition coefficient (Wildman–Crippen LogP) is 5.28. The van der Waals surface area contributed by atoms with Crippen molar-refractivity contribution in [1.29, 1.82) is 0 Å². The third-order valence-corrected chi connectivity index (χ3v) is 5.25. The minimum absolute atomic E-state index is 0.320. The molecule has 0 fully saturated rings. The summed E-state index contributed by atoms with van der Waals surface area (Å²) in [4.78, 5) is 13.9. The zero-order valence-electron chi connectivity index (χ0n) is 14.0. The number of hydrogen-bond donors (Lipinski definition) is 0. The Hall–Kier alpha value is -2.72. The van der Waals surface area contributed by atoms with Gasteiger partial charge in [-0.25, -0.2) is 0 Å². The van der Waals surface area contributed by atoms with Crippen molar-refractivity contribution in [1.82, 2.24) is 4.57 Å². The summed E-state index contributed by atoms with van der Waals surface area (Å²) in [5, 5.41) is 0. The lowest BCUT2D eigenvalue weighted by molar-refractivity contribution is -0.134. The molecule has 0 spiro atoms. The van der Waals surface area contributed by atoms with Crippen LogP contribution in [-0.2, 0) is 9.53 Å². The number of nitrogens with zero attached hydrogens (tertiary/aromatic N) is 1. The van der Waals surface area contributed by atoms with E-state index in [0.29, 0.717) is 5.76 Å². The lowest BCUT2D eigenvalue weighted by Crippen LogP contribution is -2.04. The van der Waals surface area contributed by atoms with E-state index in [4.69, 9.17) is 4.74 Å². The summed E-state index contributed by atoms with van der Waals surface area (Å²) in [6.07, 6.45) is 2.01. The van der Waals surface area contributed by atoms with Crippen molar-refractivity contribution in [2.24, 2.45) is 0 Å². The molecule has 124 valence electrons. The number of carbonyl (C=O) groups is 1. The summed E-state index contributed by atoms with van der Waals surface area (Å²) < 4.78 is 7.77. The number of aromatic nitrogens is 1. The van der Waals surface area contributed by atoms with Gasteiger partial charge in [0.2, 0.25) is 0 Å². The fourth-order valence-corrected chi connectivity index (χ4v) is 4.08. The second kappa shape index (κ2) is 6.30. The molecule has 0 unspecified atom stereocenters. The largest absolute Gasteiger partial charge is 0.423 e. The van der Waals surface area contributed by atoms with Gasteiger partial charge in [0.15, 0.2) is 5.76 Å². The van der Waals surface area contributed by atoms with Crippen LogP contribution in [0.1, 0.15) is 23.7 Å². The van der Waals surface area contributed by atoms with Gasteiger partial charge in [0.1, 0.15) is 0 Å². The van der Waals surface area contributed by atoms with E-state index < -0.39 is 0 Å². The van der Waals surface area contributed by atoms with Gasteiger partial charge in [-0.15, -0.1) is 0 Å². The normalized spacial score (nSPS) is 13.0. The Bertz CT molecular complexity index is 986. The Labute approximate surface area is 150 Å². The number of carbonyl (C=O) groups excluding carboxylic acids is 1. The first-order valence-corrected chi connectivity index (χ1v) is 8.90. The molecule has 2 aromatic carbocycles. The number of thioether (sulfide) groups is 1. The van der Waals surface area contributed by atoms with Gasteiger partial charge in [-0.2, -0.15) is 0 Å². The molecule has 0 N–H and O–H groups in total. The quantitative estimate of drug-likeness (QED) is 0.591. The first-order valence-electron chi connectivity index (χ1n) is 8.08. The van der Waals surface area contributed by atoms with Crippen LogP contribution in [0.5, 0.6) is 0 Å². The van der Waals surface area contributed by atoms with E-state index in [1.54, 1.807) is 11.8 Å². The van der Waals surface area contributed by atoms with E-state index in [1.807, 2.05) is 48.7 Å². The fraction of sp³-hybridized carbons (Fsp3) is 0.0952. The Balaban J connectivity index is 2.02. The molecule has 0 bridgehead atoms. The number of rotatable bonds is 2. The Morgan fingerprint density at radius 3 is 2.60 bits per heavy atom. The topological polar surface area (TPSA) is 31.2 Å². The van der Waals surface area contributed by atoms with Crippen LogP contribution < -0.4 is 0 Å². The van der Waals surface area contributed by atoms with E-state index in [0.717, 1.165) is 26.7 Å². The van der Waals surface area contributed by atoms with Crippen molar-refractivity contribution in [3.8, 4) is 5.69 Å². The van der Waals surface area contributed by atoms with Gasteiger partial charge in [0.25, 0.3) is 0 Å². The summed E-state index contributed by atoms with van der Waals surface area (Å²) in [6.45, 7) is 3.52. The smallest absolute Gasteiger partial charge is 0.308 e. The predicted molar refractivity (Wildman–Crippen MR) is 101 cm³/mol. The number of fused-ring (bicyclic) bond motifs is 3. The van der Waals surface area contributed by atoms with Gasteiger partial charge in [0.05, 0.1) is 16.3 Å². The van der Waals surface area contributed by atoms with Crippen molar-refractivity contribution in [2.75, 3.05) is 0 Å². The van der Waals surface area contributed by atoms with Gasteiger partial charge in [-0.3, -0.25) is 4.79 Å². The average Bonchev–Trinajstić information content (AvgIpc) is 3.05. The van der Waals surface area contributed by atoms with E-state index in [9.17, 15) is 4.79 Å². The SMILES string of the molecule is CC(=O)OC1=C(c2ccccc2)Sc2ccc(C)cc2-n2cccc21.